The van der Waals surface area contributed by atoms with Crippen molar-refractivity contribution < 1.29 is 37.0 Å². The minimum atomic E-state index is -4.61. The van der Waals surface area contributed by atoms with Crippen LogP contribution in [0.4, 0.5) is 28.0 Å². The zero-order valence-corrected chi connectivity index (χ0v) is 24.4. The SMILES string of the molecule is CCOc1ccccc1-c1ncc(C2(C(=O)N[C@@H]3CCN(C(=O)O)C3)CCN(c3ccc(C(F)(F)F)cc3C#N)CC2)cc1F. The van der Waals surface area contributed by atoms with Crippen LogP contribution in [0, 0.1) is 17.1 Å². The lowest BCUT2D eigenvalue weighted by molar-refractivity contribution is -0.137. The van der Waals surface area contributed by atoms with E-state index in [0.29, 0.717) is 35.6 Å². The zero-order valence-electron chi connectivity index (χ0n) is 24.4. The van der Waals surface area contributed by atoms with E-state index in [1.165, 1.54) is 23.2 Å². The van der Waals surface area contributed by atoms with Gasteiger partial charge in [-0.05, 0) is 68.1 Å². The molecule has 3 heterocycles. The standard InChI is InChI=1S/C32H31F4N5O4/c1-2-45-27-6-4-3-5-24(27)28-25(33)16-22(18-38-28)31(29(42)39-23-9-12-41(19-23)30(43)44)10-13-40(14-11-31)26-8-7-21(32(34,35)36)15-20(26)17-37/h3-8,15-16,18,23H,2,9-14,19H2,1H3,(H,39,42)(H,43,44)/t23-/m1/s1. The molecule has 1 aromatic heterocycles. The molecule has 0 aliphatic carbocycles. The van der Waals surface area contributed by atoms with Crippen molar-refractivity contribution in [3.63, 3.8) is 0 Å². The molecule has 2 aliphatic heterocycles. The Morgan fingerprint density at radius 2 is 1.89 bits per heavy atom. The fourth-order valence-electron chi connectivity index (χ4n) is 6.07. The highest BCUT2D eigenvalue weighted by Crippen LogP contribution is 2.41. The van der Waals surface area contributed by atoms with Crippen LogP contribution < -0.4 is 15.0 Å². The van der Waals surface area contributed by atoms with Gasteiger partial charge in [-0.3, -0.25) is 9.78 Å². The molecule has 0 spiro atoms. The summed E-state index contributed by atoms with van der Waals surface area (Å²) in [6.07, 6.45) is -3.56. The molecule has 2 fully saturated rings. The molecule has 0 bridgehead atoms. The number of benzene rings is 2. The number of halogens is 4. The molecule has 2 N–H and O–H groups in total. The molecule has 236 valence electrons. The van der Waals surface area contributed by atoms with Crippen LogP contribution >= 0.6 is 0 Å². The molecule has 3 aromatic rings. The normalized spacial score (nSPS) is 17.9. The van der Waals surface area contributed by atoms with E-state index >= 15 is 4.39 Å². The number of para-hydroxylation sites is 1. The number of ether oxygens (including phenoxy) is 1. The predicted molar refractivity (Wildman–Crippen MR) is 156 cm³/mol. The highest BCUT2D eigenvalue weighted by Gasteiger charge is 2.45. The Bertz CT molecular complexity index is 1630. The first-order valence-electron chi connectivity index (χ1n) is 14.5. The Morgan fingerprint density at radius 1 is 1.16 bits per heavy atom. The third-order valence-electron chi connectivity index (χ3n) is 8.47. The van der Waals surface area contributed by atoms with Crippen LogP contribution in [0.2, 0.25) is 0 Å². The summed E-state index contributed by atoms with van der Waals surface area (Å²) in [5.74, 6) is -0.633. The fraction of sp³-hybridized carbons (Fsp3) is 0.375. The van der Waals surface area contributed by atoms with Crippen LogP contribution in [-0.4, -0.2) is 65.8 Å². The summed E-state index contributed by atoms with van der Waals surface area (Å²) in [6, 6.07) is 12.5. The number of hydrogen-bond donors (Lipinski definition) is 2. The van der Waals surface area contributed by atoms with E-state index in [9.17, 15) is 33.1 Å². The lowest BCUT2D eigenvalue weighted by Gasteiger charge is -2.42. The maximum absolute atomic E-state index is 15.8. The third kappa shape index (κ3) is 6.36. The van der Waals surface area contributed by atoms with Gasteiger partial charge in [-0.15, -0.1) is 0 Å². The molecule has 0 unspecified atom stereocenters. The lowest BCUT2D eigenvalue weighted by Crippen LogP contribution is -2.54. The van der Waals surface area contributed by atoms with Crippen molar-refractivity contribution >= 4 is 17.7 Å². The number of rotatable bonds is 7. The van der Waals surface area contributed by atoms with Crippen molar-refractivity contribution in [3.05, 3.63) is 77.2 Å². The van der Waals surface area contributed by atoms with Gasteiger partial charge in [0.2, 0.25) is 5.91 Å². The van der Waals surface area contributed by atoms with E-state index in [1.807, 2.05) is 13.0 Å². The second-order valence-electron chi connectivity index (χ2n) is 11.1. The molecule has 2 aromatic carbocycles. The molecule has 9 nitrogen and oxygen atoms in total. The van der Waals surface area contributed by atoms with E-state index in [4.69, 9.17) is 4.74 Å². The minimum Gasteiger partial charge on any atom is -0.493 e. The van der Waals surface area contributed by atoms with Gasteiger partial charge in [-0.1, -0.05) is 12.1 Å². The minimum absolute atomic E-state index is 0.0482. The monoisotopic (exact) mass is 625 g/mol. The number of carbonyl (C=O) groups excluding carboxylic acids is 1. The molecule has 0 saturated carbocycles. The smallest absolute Gasteiger partial charge is 0.416 e. The number of alkyl halides is 3. The van der Waals surface area contributed by atoms with Crippen molar-refractivity contribution in [2.45, 2.75) is 43.8 Å². The number of carbonyl (C=O) groups is 2. The Kier molecular flexibility index (Phi) is 8.86. The van der Waals surface area contributed by atoms with Crippen LogP contribution in [-0.2, 0) is 16.4 Å². The first-order valence-corrected chi connectivity index (χ1v) is 14.5. The van der Waals surface area contributed by atoms with Gasteiger partial charge in [0.1, 0.15) is 23.3 Å². The highest BCUT2D eigenvalue weighted by atomic mass is 19.4. The number of nitriles is 1. The van der Waals surface area contributed by atoms with E-state index in [-0.39, 0.29) is 50.3 Å². The van der Waals surface area contributed by atoms with E-state index in [0.717, 1.165) is 12.1 Å². The maximum atomic E-state index is 15.8. The van der Waals surface area contributed by atoms with Gasteiger partial charge in [0.25, 0.3) is 0 Å². The number of hydrogen-bond acceptors (Lipinski definition) is 6. The molecule has 45 heavy (non-hydrogen) atoms. The molecule has 5 rings (SSSR count). The van der Waals surface area contributed by atoms with Gasteiger partial charge in [0.05, 0.1) is 28.8 Å². The van der Waals surface area contributed by atoms with Crippen LogP contribution in [0.3, 0.4) is 0 Å². The molecule has 2 amide bonds. The topological polar surface area (TPSA) is 119 Å². The summed E-state index contributed by atoms with van der Waals surface area (Å²) in [6.45, 7) is 2.90. The van der Waals surface area contributed by atoms with E-state index in [2.05, 4.69) is 10.3 Å². The molecular weight excluding hydrogens is 594 g/mol. The molecule has 1 atom stereocenters. The summed E-state index contributed by atoms with van der Waals surface area (Å²) < 4.78 is 61.3. The number of anilines is 1. The molecule has 0 radical (unpaired) electrons. The lowest BCUT2D eigenvalue weighted by atomic mass is 9.72. The number of pyridine rings is 1. The van der Waals surface area contributed by atoms with Gasteiger partial charge in [0, 0.05) is 44.0 Å². The summed E-state index contributed by atoms with van der Waals surface area (Å²) in [7, 11) is 0. The van der Waals surface area contributed by atoms with E-state index in [1.54, 1.807) is 29.2 Å². The van der Waals surface area contributed by atoms with E-state index < -0.39 is 41.0 Å². The Hall–Kier alpha value is -4.86. The van der Waals surface area contributed by atoms with Crippen LogP contribution in [0.5, 0.6) is 5.75 Å². The molecular formula is C32H31F4N5O4. The fourth-order valence-corrected chi connectivity index (χ4v) is 6.07. The number of carboxylic acid groups (broad SMARTS) is 1. The summed E-state index contributed by atoms with van der Waals surface area (Å²) in [5.41, 5.74) is -1.25. The number of piperidine rings is 1. The van der Waals surface area contributed by atoms with Gasteiger partial charge in [0.15, 0.2) is 0 Å². The Labute approximate surface area is 257 Å². The molecule has 2 aliphatic rings. The van der Waals surface area contributed by atoms with Crippen molar-refractivity contribution in [1.82, 2.24) is 15.2 Å². The summed E-state index contributed by atoms with van der Waals surface area (Å²) >= 11 is 0. The maximum Gasteiger partial charge on any atom is 0.416 e. The second-order valence-corrected chi connectivity index (χ2v) is 11.1. The number of aromatic nitrogens is 1. The number of likely N-dealkylation sites (tertiary alicyclic amines) is 1. The Morgan fingerprint density at radius 3 is 2.51 bits per heavy atom. The van der Waals surface area contributed by atoms with Crippen LogP contribution in [0.1, 0.15) is 42.9 Å². The van der Waals surface area contributed by atoms with Crippen molar-refractivity contribution in [3.8, 4) is 23.1 Å². The van der Waals surface area contributed by atoms with Crippen LogP contribution in [0.15, 0.2) is 54.7 Å². The number of amides is 2. The average molecular weight is 626 g/mol. The quantitative estimate of drug-likeness (QED) is 0.329. The summed E-state index contributed by atoms with van der Waals surface area (Å²) in [4.78, 5) is 32.8. The molecule has 2 saturated heterocycles. The van der Waals surface area contributed by atoms with Crippen molar-refractivity contribution in [2.24, 2.45) is 0 Å². The Balaban J connectivity index is 1.47. The molecule has 13 heteroatoms. The average Bonchev–Trinajstić information content (AvgIpc) is 3.50. The van der Waals surface area contributed by atoms with Gasteiger partial charge < -0.3 is 25.0 Å². The number of nitrogens with zero attached hydrogens (tertiary/aromatic N) is 4. The largest absolute Gasteiger partial charge is 0.493 e. The first-order chi connectivity index (χ1) is 21.5. The third-order valence-corrected chi connectivity index (χ3v) is 8.47. The van der Waals surface area contributed by atoms with Gasteiger partial charge in [-0.25, -0.2) is 9.18 Å². The van der Waals surface area contributed by atoms with Crippen molar-refractivity contribution in [2.75, 3.05) is 37.7 Å². The van der Waals surface area contributed by atoms with Crippen molar-refractivity contribution in [1.29, 1.82) is 5.26 Å². The first kappa shape index (κ1) is 31.6. The van der Waals surface area contributed by atoms with Gasteiger partial charge in [-0.2, -0.15) is 18.4 Å². The second kappa shape index (κ2) is 12.6. The van der Waals surface area contributed by atoms with Crippen LogP contribution in [0.25, 0.3) is 11.3 Å². The number of nitrogens with one attached hydrogen (secondary N) is 1. The summed E-state index contributed by atoms with van der Waals surface area (Å²) in [5, 5.41) is 21.9. The van der Waals surface area contributed by atoms with Gasteiger partial charge >= 0.3 is 12.3 Å². The zero-order chi connectivity index (χ0) is 32.4. The highest BCUT2D eigenvalue weighted by molar-refractivity contribution is 5.89. The predicted octanol–water partition coefficient (Wildman–Crippen LogP) is 5.58.